The molecule has 14 heteroatoms. The van der Waals surface area contributed by atoms with Crippen LogP contribution in [0.25, 0.3) is 22.2 Å². The van der Waals surface area contributed by atoms with Gasteiger partial charge in [-0.2, -0.15) is 0 Å². The van der Waals surface area contributed by atoms with E-state index in [9.17, 15) is 30.8 Å². The molecule has 1 aromatic carbocycles. The van der Waals surface area contributed by atoms with Crippen LogP contribution in [0.4, 0.5) is 17.6 Å². The van der Waals surface area contributed by atoms with E-state index in [0.29, 0.717) is 40.4 Å². The van der Waals surface area contributed by atoms with E-state index < -0.39 is 57.3 Å². The zero-order valence-electron chi connectivity index (χ0n) is 22.4. The number of ether oxygens (including phenoxy) is 2. The number of carbonyl (C=O) groups excluding carboxylic acids is 1. The van der Waals surface area contributed by atoms with Gasteiger partial charge < -0.3 is 14.8 Å². The van der Waals surface area contributed by atoms with E-state index in [4.69, 9.17) is 9.47 Å². The summed E-state index contributed by atoms with van der Waals surface area (Å²) in [5.74, 6) is -1.36. The monoisotopic (exact) mass is 616 g/mol. The summed E-state index contributed by atoms with van der Waals surface area (Å²) in [5, 5.41) is 3.22. The van der Waals surface area contributed by atoms with Crippen molar-refractivity contribution in [1.82, 2.24) is 20.3 Å². The lowest BCUT2D eigenvalue weighted by atomic mass is 10.1. The van der Waals surface area contributed by atoms with Crippen molar-refractivity contribution < 1.29 is 40.2 Å². The first-order chi connectivity index (χ1) is 20.6. The number of nitrogens with zero attached hydrogens (tertiary/aromatic N) is 3. The van der Waals surface area contributed by atoms with Crippen molar-refractivity contribution in [1.29, 1.82) is 0 Å². The molecule has 224 valence electrons. The minimum absolute atomic E-state index is 0.0683. The van der Waals surface area contributed by atoms with Gasteiger partial charge in [-0.1, -0.05) is 0 Å². The third-order valence-electron chi connectivity index (χ3n) is 7.15. The molecule has 0 unspecified atom stereocenters. The summed E-state index contributed by atoms with van der Waals surface area (Å²) in [6.45, 7) is -0.940. The number of amides is 1. The highest BCUT2D eigenvalue weighted by Gasteiger charge is 2.35. The van der Waals surface area contributed by atoms with Crippen molar-refractivity contribution in [3.63, 3.8) is 0 Å². The van der Waals surface area contributed by atoms with Gasteiger partial charge in [0.1, 0.15) is 11.5 Å². The fourth-order valence-electron chi connectivity index (χ4n) is 4.56. The third kappa shape index (κ3) is 6.02. The molecule has 6 rings (SSSR count). The Balaban J connectivity index is 1.24. The molecular weight excluding hydrogens is 592 g/mol. The molecule has 1 atom stereocenters. The minimum atomic E-state index is -4.55. The average molecular weight is 617 g/mol. The second kappa shape index (κ2) is 11.5. The Morgan fingerprint density at radius 3 is 2.70 bits per heavy atom. The van der Waals surface area contributed by atoms with Crippen LogP contribution in [0.1, 0.15) is 46.6 Å². The highest BCUT2D eigenvalue weighted by molar-refractivity contribution is 7.92. The highest BCUT2D eigenvalue weighted by Crippen LogP contribution is 2.34. The van der Waals surface area contributed by atoms with Gasteiger partial charge in [0.25, 0.3) is 12.3 Å². The van der Waals surface area contributed by atoms with Gasteiger partial charge in [0, 0.05) is 22.7 Å². The van der Waals surface area contributed by atoms with E-state index in [1.165, 1.54) is 18.3 Å². The number of hydrogen-bond acceptors (Lipinski definition) is 8. The lowest BCUT2D eigenvalue weighted by Crippen LogP contribution is -2.25. The quantitative estimate of drug-likeness (QED) is 0.272. The molecule has 0 saturated heterocycles. The Morgan fingerprint density at radius 2 is 1.93 bits per heavy atom. The lowest BCUT2D eigenvalue weighted by molar-refractivity contribution is 0.0938. The summed E-state index contributed by atoms with van der Waals surface area (Å²) in [6, 6.07) is 9.57. The number of benzene rings is 1. The first kappa shape index (κ1) is 28.9. The maximum absolute atomic E-state index is 14.7. The van der Waals surface area contributed by atoms with Crippen LogP contribution in [0, 0.1) is 11.7 Å². The molecule has 4 aromatic rings. The number of alkyl halides is 3. The second-order valence-corrected chi connectivity index (χ2v) is 12.3. The van der Waals surface area contributed by atoms with Gasteiger partial charge in [0.15, 0.2) is 0 Å². The van der Waals surface area contributed by atoms with Gasteiger partial charge >= 0.3 is 0 Å². The molecule has 0 bridgehead atoms. The largest absolute Gasteiger partial charge is 0.477 e. The fraction of sp³-hybridized carbons (Fsp3) is 0.310. The number of halogens is 4. The topological polar surface area (TPSA) is 120 Å². The summed E-state index contributed by atoms with van der Waals surface area (Å²) >= 11 is 0. The van der Waals surface area contributed by atoms with E-state index in [1.54, 1.807) is 18.2 Å². The molecule has 1 aliphatic heterocycles. The zero-order chi connectivity index (χ0) is 30.3. The normalized spacial score (nSPS) is 17.8. The van der Waals surface area contributed by atoms with Crippen LogP contribution in [-0.2, 0) is 27.7 Å². The van der Waals surface area contributed by atoms with Crippen molar-refractivity contribution in [3.8, 4) is 17.1 Å². The van der Waals surface area contributed by atoms with E-state index in [0.717, 1.165) is 25.0 Å². The van der Waals surface area contributed by atoms with Gasteiger partial charge in [-0.25, -0.2) is 35.9 Å². The zero-order valence-corrected chi connectivity index (χ0v) is 23.2. The van der Waals surface area contributed by atoms with Crippen LogP contribution >= 0.6 is 0 Å². The average Bonchev–Trinajstić information content (AvgIpc) is 3.84. The number of carbonyl (C=O) groups is 1. The molecule has 3 aromatic heterocycles. The summed E-state index contributed by atoms with van der Waals surface area (Å²) in [6.07, 6.45) is 0.800. The smallest absolute Gasteiger partial charge is 0.280 e. The molecule has 0 spiro atoms. The van der Waals surface area contributed by atoms with Gasteiger partial charge in [-0.3, -0.25) is 9.78 Å². The predicted molar refractivity (Wildman–Crippen MR) is 145 cm³/mol. The number of rotatable bonds is 8. The summed E-state index contributed by atoms with van der Waals surface area (Å²) in [4.78, 5) is 25.2. The van der Waals surface area contributed by atoms with E-state index in [-0.39, 0.29) is 23.6 Å². The van der Waals surface area contributed by atoms with Gasteiger partial charge in [0.2, 0.25) is 21.2 Å². The van der Waals surface area contributed by atoms with Gasteiger partial charge in [-0.05, 0) is 61.2 Å². The van der Waals surface area contributed by atoms with E-state index in [1.807, 2.05) is 0 Å². The van der Waals surface area contributed by atoms with Crippen LogP contribution in [0.15, 0.2) is 53.6 Å². The molecule has 4 heterocycles. The number of fused-ring (bicyclic) bond motifs is 2. The predicted octanol–water partition coefficient (Wildman–Crippen LogP) is 5.09. The van der Waals surface area contributed by atoms with Gasteiger partial charge in [-0.15, -0.1) is 0 Å². The Kier molecular flexibility index (Phi) is 7.73. The first-order valence-electron chi connectivity index (χ1n) is 13.3. The molecule has 1 N–H and O–H groups in total. The number of pyridine rings is 3. The first-order valence-corrected chi connectivity index (χ1v) is 14.9. The summed E-state index contributed by atoms with van der Waals surface area (Å²) < 4.78 is 91.2. The van der Waals surface area contributed by atoms with Crippen molar-refractivity contribution in [2.24, 2.45) is 5.92 Å². The molecule has 0 radical (unpaired) electrons. The Morgan fingerprint density at radius 1 is 1.12 bits per heavy atom. The molecule has 43 heavy (non-hydrogen) atoms. The minimum Gasteiger partial charge on any atom is -0.477 e. The van der Waals surface area contributed by atoms with Crippen molar-refractivity contribution in [2.75, 3.05) is 13.2 Å². The van der Waals surface area contributed by atoms with Crippen LogP contribution in [0.2, 0.25) is 0 Å². The number of nitrogens with one attached hydrogen (secondary N) is 1. The Hall–Kier alpha value is -4.17. The van der Waals surface area contributed by atoms with E-state index >= 15 is 0 Å². The number of sulfone groups is 1. The summed E-state index contributed by atoms with van der Waals surface area (Å²) in [5.41, 5.74) is -1.69. The fourth-order valence-corrected chi connectivity index (χ4v) is 5.90. The second-order valence-electron chi connectivity index (χ2n) is 10.3. The third-order valence-corrected chi connectivity index (χ3v) is 8.94. The number of hydrogen-bond donors (Lipinski definition) is 1. The SMILES string of the molecule is O=C(NCc1cc2nc(-c3ccc(C(F)F)nc3OCC3CC3)ccc2cn1)c1cc(F)c2c(c1)S(=O)(=O)[C@@H](F)COC2. The van der Waals surface area contributed by atoms with Crippen molar-refractivity contribution in [3.05, 3.63) is 77.0 Å². The Labute approximate surface area is 243 Å². The molecule has 1 aliphatic carbocycles. The maximum atomic E-state index is 14.7. The van der Waals surface area contributed by atoms with Gasteiger partial charge in [0.05, 0.1) is 53.7 Å². The van der Waals surface area contributed by atoms with Crippen LogP contribution in [0.3, 0.4) is 0 Å². The van der Waals surface area contributed by atoms with Crippen molar-refractivity contribution in [2.45, 2.75) is 42.8 Å². The molecule has 2 aliphatic rings. The lowest BCUT2D eigenvalue weighted by Gasteiger charge is -2.13. The molecular formula is C29H24F4N4O5S. The number of aromatic nitrogens is 3. The molecule has 1 amide bonds. The highest BCUT2D eigenvalue weighted by atomic mass is 32.2. The van der Waals surface area contributed by atoms with Crippen molar-refractivity contribution >= 4 is 26.6 Å². The van der Waals surface area contributed by atoms with Crippen LogP contribution in [0.5, 0.6) is 5.88 Å². The maximum Gasteiger partial charge on any atom is 0.280 e. The summed E-state index contributed by atoms with van der Waals surface area (Å²) in [7, 11) is -4.55. The van der Waals surface area contributed by atoms with Crippen LogP contribution < -0.4 is 10.1 Å². The standard InChI is InChI=1S/C29H24F4N4O5S/c30-21-7-17(8-25-20(21)13-41-14-26(31)43(25,39)40)28(38)35-11-18-9-24-16(10-34-18)3-5-22(36-24)19-4-6-23(27(32)33)37-29(19)42-12-15-1-2-15/h3-10,15,26-27H,1-2,11-14H2,(H,35,38)/t26-/m1/s1. The van der Waals surface area contributed by atoms with Crippen LogP contribution in [-0.4, -0.2) is 48.0 Å². The Bertz CT molecular complexity index is 1840. The molecule has 1 saturated carbocycles. The van der Waals surface area contributed by atoms with E-state index in [2.05, 4.69) is 20.3 Å². The molecule has 9 nitrogen and oxygen atoms in total. The molecule has 1 fully saturated rings.